The number of amides is 1. The normalized spacial score (nSPS) is 17.7. The smallest absolute Gasteiger partial charge is 0.230 e. The molecule has 0 bridgehead atoms. The summed E-state index contributed by atoms with van der Waals surface area (Å²) in [5.41, 5.74) is 3.24. The summed E-state index contributed by atoms with van der Waals surface area (Å²) in [5.74, 6) is 1.81. The van der Waals surface area contributed by atoms with Crippen LogP contribution in [-0.2, 0) is 11.2 Å². The van der Waals surface area contributed by atoms with E-state index in [0.717, 1.165) is 49.0 Å². The third kappa shape index (κ3) is 4.45. The van der Waals surface area contributed by atoms with Crippen LogP contribution in [0.4, 0.5) is 0 Å². The third-order valence-electron chi connectivity index (χ3n) is 6.06. The van der Waals surface area contributed by atoms with E-state index in [1.165, 1.54) is 0 Å². The molecule has 5 nitrogen and oxygen atoms in total. The zero-order chi connectivity index (χ0) is 20.9. The first-order valence-electron chi connectivity index (χ1n) is 10.9. The highest BCUT2D eigenvalue weighted by molar-refractivity contribution is 5.83. The van der Waals surface area contributed by atoms with Crippen LogP contribution in [0.25, 0.3) is 11.4 Å². The summed E-state index contributed by atoms with van der Waals surface area (Å²) in [6.45, 7) is 5.72. The van der Waals surface area contributed by atoms with Crippen molar-refractivity contribution in [2.75, 3.05) is 13.1 Å². The number of carbonyl (C=O) groups excluding carboxylic acids is 1. The summed E-state index contributed by atoms with van der Waals surface area (Å²) < 4.78 is 5.55. The van der Waals surface area contributed by atoms with E-state index in [9.17, 15) is 4.79 Å². The summed E-state index contributed by atoms with van der Waals surface area (Å²) in [6.07, 6.45) is 3.62. The molecule has 1 fully saturated rings. The van der Waals surface area contributed by atoms with Crippen molar-refractivity contribution in [3.05, 3.63) is 71.6 Å². The number of likely N-dealkylation sites (tertiary alicyclic amines) is 1. The van der Waals surface area contributed by atoms with Gasteiger partial charge in [0.25, 0.3) is 0 Å². The van der Waals surface area contributed by atoms with Crippen LogP contribution in [0.15, 0.2) is 59.1 Å². The van der Waals surface area contributed by atoms with E-state index in [1.807, 2.05) is 54.3 Å². The molecule has 0 radical (unpaired) electrons. The number of piperidine rings is 1. The molecule has 3 aromatic rings. The van der Waals surface area contributed by atoms with Crippen molar-refractivity contribution in [1.29, 1.82) is 0 Å². The van der Waals surface area contributed by atoms with Gasteiger partial charge in [-0.05, 0) is 43.2 Å². The molecule has 2 heterocycles. The second-order valence-electron chi connectivity index (χ2n) is 8.19. The lowest BCUT2D eigenvalue weighted by Gasteiger charge is -2.34. The number of hydrogen-bond donors (Lipinski definition) is 0. The minimum atomic E-state index is -0.0685. The van der Waals surface area contributed by atoms with Crippen molar-refractivity contribution in [2.24, 2.45) is 5.92 Å². The molecule has 0 spiro atoms. The Kier molecular flexibility index (Phi) is 6.26. The fraction of sp³-hybridized carbons (Fsp3) is 0.400. The highest BCUT2D eigenvalue weighted by atomic mass is 16.5. The Morgan fingerprint density at radius 1 is 1.17 bits per heavy atom. The Balaban J connectivity index is 1.42. The van der Waals surface area contributed by atoms with Gasteiger partial charge in [-0.2, -0.15) is 4.98 Å². The van der Waals surface area contributed by atoms with Gasteiger partial charge in [0.15, 0.2) is 0 Å². The highest BCUT2D eigenvalue weighted by Crippen LogP contribution is 2.27. The predicted octanol–water partition coefficient (Wildman–Crippen LogP) is 5.02. The second-order valence-corrected chi connectivity index (χ2v) is 8.19. The summed E-state index contributed by atoms with van der Waals surface area (Å²) in [6, 6.07) is 18.2. The molecule has 2 aromatic carbocycles. The molecule has 156 valence electrons. The minimum Gasteiger partial charge on any atom is -0.342 e. The molecule has 0 unspecified atom stereocenters. The van der Waals surface area contributed by atoms with E-state index in [-0.39, 0.29) is 11.8 Å². The summed E-state index contributed by atoms with van der Waals surface area (Å²) in [7, 11) is 0. The van der Waals surface area contributed by atoms with Crippen molar-refractivity contribution in [3.8, 4) is 11.4 Å². The van der Waals surface area contributed by atoms with Gasteiger partial charge in [-0.15, -0.1) is 0 Å². The molecule has 1 aliphatic heterocycles. The van der Waals surface area contributed by atoms with Crippen LogP contribution >= 0.6 is 0 Å². The number of rotatable bonds is 6. The van der Waals surface area contributed by atoms with Crippen LogP contribution in [-0.4, -0.2) is 34.0 Å². The molecule has 0 N–H and O–H groups in total. The first-order chi connectivity index (χ1) is 14.7. The lowest BCUT2D eigenvalue weighted by molar-refractivity contribution is -0.134. The van der Waals surface area contributed by atoms with E-state index in [2.05, 4.69) is 29.2 Å². The van der Waals surface area contributed by atoms with Crippen LogP contribution in [0.3, 0.4) is 0 Å². The average molecular weight is 404 g/mol. The van der Waals surface area contributed by atoms with Gasteiger partial charge >= 0.3 is 0 Å². The van der Waals surface area contributed by atoms with E-state index >= 15 is 0 Å². The maximum Gasteiger partial charge on any atom is 0.230 e. The highest BCUT2D eigenvalue weighted by Gasteiger charge is 2.30. The predicted molar refractivity (Wildman–Crippen MR) is 117 cm³/mol. The van der Waals surface area contributed by atoms with Gasteiger partial charge < -0.3 is 9.42 Å². The minimum absolute atomic E-state index is 0.0685. The molecular formula is C25H29N3O2. The van der Waals surface area contributed by atoms with Crippen molar-refractivity contribution >= 4 is 5.91 Å². The quantitative estimate of drug-likeness (QED) is 0.580. The first kappa shape index (κ1) is 20.3. The van der Waals surface area contributed by atoms with Gasteiger partial charge in [0.2, 0.25) is 17.6 Å². The molecule has 1 saturated heterocycles. The summed E-state index contributed by atoms with van der Waals surface area (Å²) in [4.78, 5) is 19.9. The van der Waals surface area contributed by atoms with Gasteiger partial charge in [0, 0.05) is 25.1 Å². The van der Waals surface area contributed by atoms with E-state index < -0.39 is 0 Å². The van der Waals surface area contributed by atoms with E-state index in [0.29, 0.717) is 24.1 Å². The second kappa shape index (κ2) is 9.24. The SMILES string of the molecule is CC[C@H](C(=O)N1CCC[C@@H](Cc2nc(-c3ccccc3C)no2)C1)c1ccccc1. The molecule has 0 aliphatic carbocycles. The van der Waals surface area contributed by atoms with Crippen LogP contribution < -0.4 is 0 Å². The molecule has 30 heavy (non-hydrogen) atoms. The fourth-order valence-corrected chi connectivity index (χ4v) is 4.41. The Bertz CT molecular complexity index is 983. The molecule has 1 aliphatic rings. The Morgan fingerprint density at radius 3 is 2.70 bits per heavy atom. The Hall–Kier alpha value is -2.95. The maximum absolute atomic E-state index is 13.2. The molecule has 2 atom stereocenters. The van der Waals surface area contributed by atoms with Crippen molar-refractivity contribution in [1.82, 2.24) is 15.0 Å². The average Bonchev–Trinajstić information content (AvgIpc) is 3.23. The maximum atomic E-state index is 13.2. The first-order valence-corrected chi connectivity index (χ1v) is 10.9. The van der Waals surface area contributed by atoms with Crippen LogP contribution in [0, 0.1) is 12.8 Å². The van der Waals surface area contributed by atoms with Crippen LogP contribution in [0.1, 0.15) is 49.1 Å². The lowest BCUT2D eigenvalue weighted by Crippen LogP contribution is -2.42. The number of hydrogen-bond acceptors (Lipinski definition) is 4. The zero-order valence-electron chi connectivity index (χ0n) is 17.8. The van der Waals surface area contributed by atoms with Crippen molar-refractivity contribution in [2.45, 2.75) is 45.4 Å². The largest absolute Gasteiger partial charge is 0.342 e. The van der Waals surface area contributed by atoms with Crippen LogP contribution in [0.2, 0.25) is 0 Å². The summed E-state index contributed by atoms with van der Waals surface area (Å²) in [5, 5.41) is 4.18. The van der Waals surface area contributed by atoms with Crippen LogP contribution in [0.5, 0.6) is 0 Å². The summed E-state index contributed by atoms with van der Waals surface area (Å²) >= 11 is 0. The molecule has 5 heteroatoms. The molecule has 4 rings (SSSR count). The fourth-order valence-electron chi connectivity index (χ4n) is 4.41. The topological polar surface area (TPSA) is 59.2 Å². The molecular weight excluding hydrogens is 374 g/mol. The Morgan fingerprint density at radius 2 is 1.93 bits per heavy atom. The number of aromatic nitrogens is 2. The van der Waals surface area contributed by atoms with Gasteiger partial charge in [-0.1, -0.05) is 66.7 Å². The number of aryl methyl sites for hydroxylation is 1. The van der Waals surface area contributed by atoms with Gasteiger partial charge in [-0.25, -0.2) is 0 Å². The monoisotopic (exact) mass is 403 g/mol. The van der Waals surface area contributed by atoms with Gasteiger partial charge in [-0.3, -0.25) is 4.79 Å². The van der Waals surface area contributed by atoms with Crippen molar-refractivity contribution in [3.63, 3.8) is 0 Å². The van der Waals surface area contributed by atoms with E-state index in [1.54, 1.807) is 0 Å². The zero-order valence-corrected chi connectivity index (χ0v) is 17.8. The lowest BCUT2D eigenvalue weighted by atomic mass is 9.91. The Labute approximate surface area is 178 Å². The van der Waals surface area contributed by atoms with E-state index in [4.69, 9.17) is 4.52 Å². The van der Waals surface area contributed by atoms with Gasteiger partial charge in [0.05, 0.1) is 5.92 Å². The van der Waals surface area contributed by atoms with Crippen molar-refractivity contribution < 1.29 is 9.32 Å². The van der Waals surface area contributed by atoms with Gasteiger partial charge in [0.1, 0.15) is 0 Å². The number of carbonyl (C=O) groups is 1. The molecule has 1 aromatic heterocycles. The number of benzene rings is 2. The third-order valence-corrected chi connectivity index (χ3v) is 6.06. The molecule has 1 amide bonds. The standard InChI is InChI=1S/C25H29N3O2/c1-3-21(20-12-5-4-6-13-20)25(29)28-15-9-11-19(17-28)16-23-26-24(27-30-23)22-14-8-7-10-18(22)2/h4-8,10,12-14,19,21H,3,9,11,15-17H2,1-2H3/t19-,21-/m0/s1. The number of nitrogens with zero attached hydrogens (tertiary/aromatic N) is 3. The molecule has 0 saturated carbocycles.